The van der Waals surface area contributed by atoms with Crippen molar-refractivity contribution in [1.82, 2.24) is 0 Å². The van der Waals surface area contributed by atoms with Crippen LogP contribution < -0.4 is 9.21 Å². The second kappa shape index (κ2) is 8.14. The molecule has 10 heteroatoms. The van der Waals surface area contributed by atoms with Gasteiger partial charge in [0, 0.05) is 17.7 Å². The first-order chi connectivity index (χ1) is 15.6. The van der Waals surface area contributed by atoms with Gasteiger partial charge in [-0.1, -0.05) is 30.3 Å². The van der Waals surface area contributed by atoms with Crippen LogP contribution in [0.3, 0.4) is 0 Å². The zero-order valence-electron chi connectivity index (χ0n) is 17.8. The lowest BCUT2D eigenvalue weighted by Crippen LogP contribution is -2.52. The number of nitro benzene ring substituents is 1. The number of nitro groups is 1. The van der Waals surface area contributed by atoms with Crippen molar-refractivity contribution in [2.75, 3.05) is 15.7 Å². The summed E-state index contributed by atoms with van der Waals surface area (Å²) < 4.78 is 27.4. The summed E-state index contributed by atoms with van der Waals surface area (Å²) in [6.45, 7) is 3.18. The van der Waals surface area contributed by atoms with Crippen LogP contribution in [-0.2, 0) is 10.0 Å². The molecule has 1 aliphatic rings. The molecule has 0 spiro atoms. The van der Waals surface area contributed by atoms with Crippen LogP contribution in [0, 0.1) is 24.0 Å². The fraction of sp³-hybridized carbons (Fsp3) is 0.130. The van der Waals surface area contributed by atoms with Crippen LogP contribution in [-0.4, -0.2) is 31.7 Å². The Balaban J connectivity index is 1.80. The number of Topliss-reactive ketones (excluding diaryl/α,β-unsaturated/α-hetero) is 1. The van der Waals surface area contributed by atoms with E-state index in [1.165, 1.54) is 42.5 Å². The van der Waals surface area contributed by atoms with Gasteiger partial charge in [0.05, 0.1) is 22.8 Å². The number of hydrogen-bond donors (Lipinski definition) is 0. The Morgan fingerprint density at radius 1 is 0.970 bits per heavy atom. The zero-order chi connectivity index (χ0) is 23.9. The van der Waals surface area contributed by atoms with Gasteiger partial charge >= 0.3 is 6.03 Å². The number of urea groups is 1. The number of hydrogen-bond acceptors (Lipinski definition) is 6. The molecule has 33 heavy (non-hydrogen) atoms. The highest BCUT2D eigenvalue weighted by atomic mass is 32.2. The Labute approximate surface area is 190 Å². The number of amides is 2. The molecule has 2 amide bonds. The standard InChI is InChI=1S/C23H19N3O6S/c1-15-10-11-18(12-16(15)2)25-23(28)24(20-8-3-4-9-22(20)33(25,31)32)14-21(27)17-6-5-7-19(13-17)26(29)30/h3-13H,14H2,1-2H3. The van der Waals surface area contributed by atoms with Crippen LogP contribution in [0.5, 0.6) is 0 Å². The first-order valence-corrected chi connectivity index (χ1v) is 11.4. The maximum atomic E-state index is 13.5. The van der Waals surface area contributed by atoms with Crippen LogP contribution in [0.1, 0.15) is 21.5 Å². The van der Waals surface area contributed by atoms with Crippen molar-refractivity contribution in [2.24, 2.45) is 0 Å². The van der Waals surface area contributed by atoms with E-state index in [-0.39, 0.29) is 27.5 Å². The minimum Gasteiger partial charge on any atom is -0.292 e. The van der Waals surface area contributed by atoms with E-state index in [2.05, 4.69) is 0 Å². The number of fused-ring (bicyclic) bond motifs is 1. The van der Waals surface area contributed by atoms with E-state index in [4.69, 9.17) is 0 Å². The quantitative estimate of drug-likeness (QED) is 0.316. The first-order valence-electron chi connectivity index (χ1n) is 9.92. The predicted molar refractivity (Wildman–Crippen MR) is 122 cm³/mol. The van der Waals surface area contributed by atoms with Crippen molar-refractivity contribution in [2.45, 2.75) is 18.7 Å². The van der Waals surface area contributed by atoms with Gasteiger partial charge in [-0.25, -0.2) is 13.2 Å². The third-order valence-corrected chi connectivity index (χ3v) is 7.23. The van der Waals surface area contributed by atoms with Crippen molar-refractivity contribution in [3.05, 3.63) is 93.5 Å². The van der Waals surface area contributed by atoms with E-state index in [1.807, 2.05) is 6.92 Å². The van der Waals surface area contributed by atoms with Gasteiger partial charge in [0.25, 0.3) is 15.7 Å². The Kier molecular flexibility index (Phi) is 5.46. The fourth-order valence-corrected chi connectivity index (χ4v) is 5.18. The highest BCUT2D eigenvalue weighted by Gasteiger charge is 2.43. The van der Waals surface area contributed by atoms with E-state index in [0.717, 1.165) is 22.1 Å². The number of sulfonamides is 1. The van der Waals surface area contributed by atoms with E-state index >= 15 is 0 Å². The molecule has 0 saturated heterocycles. The normalized spacial score (nSPS) is 14.7. The van der Waals surface area contributed by atoms with E-state index < -0.39 is 33.3 Å². The first kappa shape index (κ1) is 22.2. The van der Waals surface area contributed by atoms with Gasteiger partial charge in [0.15, 0.2) is 5.78 Å². The van der Waals surface area contributed by atoms with E-state index in [0.29, 0.717) is 4.31 Å². The Morgan fingerprint density at radius 2 is 1.70 bits per heavy atom. The molecule has 9 nitrogen and oxygen atoms in total. The number of benzene rings is 3. The van der Waals surface area contributed by atoms with Crippen molar-refractivity contribution in [1.29, 1.82) is 0 Å². The third-order valence-electron chi connectivity index (χ3n) is 5.48. The van der Waals surface area contributed by atoms with Crippen molar-refractivity contribution < 1.29 is 22.9 Å². The molecule has 1 aliphatic heterocycles. The molecule has 4 rings (SSSR count). The Hall–Kier alpha value is -4.05. The molecule has 1 heterocycles. The molecule has 3 aromatic rings. The van der Waals surface area contributed by atoms with Crippen molar-refractivity contribution in [3.63, 3.8) is 0 Å². The lowest BCUT2D eigenvalue weighted by Gasteiger charge is -2.36. The number of para-hydroxylation sites is 1. The molecule has 0 saturated carbocycles. The number of carbonyl (C=O) groups is 2. The highest BCUT2D eigenvalue weighted by molar-refractivity contribution is 7.94. The number of anilines is 2. The van der Waals surface area contributed by atoms with Gasteiger partial charge in [-0.15, -0.1) is 0 Å². The van der Waals surface area contributed by atoms with Gasteiger partial charge in [0.1, 0.15) is 4.90 Å². The molecule has 0 aromatic heterocycles. The van der Waals surface area contributed by atoms with Gasteiger partial charge in [0.2, 0.25) is 0 Å². The summed E-state index contributed by atoms with van der Waals surface area (Å²) >= 11 is 0. The Morgan fingerprint density at radius 3 is 2.39 bits per heavy atom. The van der Waals surface area contributed by atoms with Crippen LogP contribution in [0.2, 0.25) is 0 Å². The topological polar surface area (TPSA) is 118 Å². The Bertz CT molecular complexity index is 1420. The van der Waals surface area contributed by atoms with Crippen LogP contribution >= 0.6 is 0 Å². The lowest BCUT2D eigenvalue weighted by atomic mass is 10.1. The molecular weight excluding hydrogens is 446 g/mol. The number of non-ortho nitro benzene ring substituents is 1. The smallest absolute Gasteiger partial charge is 0.292 e. The summed E-state index contributed by atoms with van der Waals surface area (Å²) in [7, 11) is -4.22. The van der Waals surface area contributed by atoms with Gasteiger partial charge in [-0.3, -0.25) is 19.8 Å². The second-order valence-electron chi connectivity index (χ2n) is 7.61. The molecule has 0 unspecified atom stereocenters. The molecular formula is C23H19N3O6S. The molecule has 0 radical (unpaired) electrons. The maximum Gasteiger partial charge on any atom is 0.343 e. The molecule has 0 atom stereocenters. The van der Waals surface area contributed by atoms with Gasteiger partial charge < -0.3 is 0 Å². The summed E-state index contributed by atoms with van der Waals surface area (Å²) in [4.78, 5) is 37.8. The summed E-state index contributed by atoms with van der Waals surface area (Å²) in [5.41, 5.74) is 1.74. The highest BCUT2D eigenvalue weighted by Crippen LogP contribution is 2.37. The van der Waals surface area contributed by atoms with Crippen molar-refractivity contribution in [3.8, 4) is 0 Å². The summed E-state index contributed by atoms with van der Waals surface area (Å²) in [6.07, 6.45) is 0. The number of aryl methyl sites for hydroxylation is 2. The number of ketones is 1. The summed E-state index contributed by atoms with van der Waals surface area (Å²) in [6, 6.07) is 15.0. The molecule has 0 bridgehead atoms. The monoisotopic (exact) mass is 465 g/mol. The molecule has 0 N–H and O–H groups in total. The average Bonchev–Trinajstić information content (AvgIpc) is 2.79. The number of rotatable bonds is 5. The molecule has 0 aliphatic carbocycles. The van der Waals surface area contributed by atoms with Crippen LogP contribution in [0.15, 0.2) is 71.6 Å². The average molecular weight is 465 g/mol. The molecule has 0 fully saturated rings. The molecule has 3 aromatic carbocycles. The minimum atomic E-state index is -4.22. The van der Waals surface area contributed by atoms with Crippen molar-refractivity contribution >= 4 is 38.9 Å². The molecule has 168 valence electrons. The second-order valence-corrected chi connectivity index (χ2v) is 9.36. The van der Waals surface area contributed by atoms with Gasteiger partial charge in [-0.05, 0) is 49.2 Å². The van der Waals surface area contributed by atoms with E-state index in [9.17, 15) is 28.1 Å². The van der Waals surface area contributed by atoms with Crippen LogP contribution in [0.25, 0.3) is 0 Å². The fourth-order valence-electron chi connectivity index (χ4n) is 3.59. The SMILES string of the molecule is Cc1ccc(N2C(=O)N(CC(=O)c3cccc([N+](=O)[O-])c3)c3ccccc3S2(=O)=O)cc1C. The number of carbonyl (C=O) groups excluding carboxylic acids is 2. The number of nitrogens with zero attached hydrogens (tertiary/aromatic N) is 3. The lowest BCUT2D eigenvalue weighted by molar-refractivity contribution is -0.384. The zero-order valence-corrected chi connectivity index (χ0v) is 18.6. The van der Waals surface area contributed by atoms with E-state index in [1.54, 1.807) is 25.1 Å². The van der Waals surface area contributed by atoms with Crippen LogP contribution in [0.4, 0.5) is 21.9 Å². The predicted octanol–water partition coefficient (Wildman–Crippen LogP) is 4.23. The third kappa shape index (κ3) is 3.85. The summed E-state index contributed by atoms with van der Waals surface area (Å²) in [5, 5.41) is 11.1. The van der Waals surface area contributed by atoms with Gasteiger partial charge in [-0.2, -0.15) is 4.31 Å². The summed E-state index contributed by atoms with van der Waals surface area (Å²) in [5.74, 6) is -0.568. The maximum absolute atomic E-state index is 13.5. The minimum absolute atomic E-state index is 0.0423. The largest absolute Gasteiger partial charge is 0.343 e.